The van der Waals surface area contributed by atoms with Crippen LogP contribution in [0.25, 0.3) is 0 Å². The highest BCUT2D eigenvalue weighted by atomic mass is 32.2. The molecule has 1 aliphatic heterocycles. The predicted octanol–water partition coefficient (Wildman–Crippen LogP) is 4.15. The van der Waals surface area contributed by atoms with Crippen LogP contribution in [-0.4, -0.2) is 54.3 Å². The molecule has 1 atom stereocenters. The van der Waals surface area contributed by atoms with Gasteiger partial charge in [-0.3, -0.25) is 9.10 Å². The first-order valence-electron chi connectivity index (χ1n) is 12.6. The van der Waals surface area contributed by atoms with Crippen molar-refractivity contribution in [2.24, 2.45) is 0 Å². The molecule has 39 heavy (non-hydrogen) atoms. The highest BCUT2D eigenvalue weighted by Gasteiger charge is 2.38. The summed E-state index contributed by atoms with van der Waals surface area (Å²) in [7, 11) is -0.911. The van der Waals surface area contributed by atoms with E-state index in [2.05, 4.69) is 5.32 Å². The summed E-state index contributed by atoms with van der Waals surface area (Å²) < 4.78 is 50.9. The molecule has 0 radical (unpaired) electrons. The smallest absolute Gasteiger partial charge is 0.264 e. The Kier molecular flexibility index (Phi) is 8.25. The first kappa shape index (κ1) is 28.1. The Morgan fingerprint density at radius 1 is 0.949 bits per heavy atom. The summed E-state index contributed by atoms with van der Waals surface area (Å²) in [5.41, 5.74) is 1.12. The van der Waals surface area contributed by atoms with Gasteiger partial charge in [0.25, 0.3) is 15.9 Å². The zero-order valence-corrected chi connectivity index (χ0v) is 23.6. The molecule has 208 valence electrons. The Morgan fingerprint density at radius 3 is 2.13 bits per heavy atom. The SMILES string of the molecule is COc1ccc(OCCNC(=O)C2CN(S(=O)(=O)c3ccc(OC)cc3)c3cc(C(C)(C)C)ccc3O2)cc1. The minimum absolute atomic E-state index is 0.0874. The fourth-order valence-electron chi connectivity index (χ4n) is 4.09. The number of nitrogens with zero attached hydrogens (tertiary/aromatic N) is 1. The largest absolute Gasteiger partial charge is 0.497 e. The van der Waals surface area contributed by atoms with Crippen molar-refractivity contribution < 1.29 is 32.2 Å². The molecule has 9 nitrogen and oxygen atoms in total. The summed E-state index contributed by atoms with van der Waals surface area (Å²) in [5.74, 6) is 1.78. The summed E-state index contributed by atoms with van der Waals surface area (Å²) in [6.45, 7) is 6.40. The molecule has 1 unspecified atom stereocenters. The normalized spacial score (nSPS) is 15.1. The Balaban J connectivity index is 1.53. The second kappa shape index (κ2) is 11.4. The molecule has 0 bridgehead atoms. The number of sulfonamides is 1. The van der Waals surface area contributed by atoms with Crippen molar-refractivity contribution in [1.82, 2.24) is 5.32 Å². The van der Waals surface area contributed by atoms with Gasteiger partial charge in [-0.15, -0.1) is 0 Å². The van der Waals surface area contributed by atoms with E-state index >= 15 is 0 Å². The molecular weight excluding hydrogens is 520 g/mol. The summed E-state index contributed by atoms with van der Waals surface area (Å²) in [6, 6.07) is 18.7. The van der Waals surface area contributed by atoms with E-state index in [0.717, 1.165) is 5.56 Å². The molecule has 3 aromatic rings. The fourth-order valence-corrected chi connectivity index (χ4v) is 5.55. The number of fused-ring (bicyclic) bond motifs is 1. The molecule has 1 heterocycles. The number of nitrogens with one attached hydrogen (secondary N) is 1. The minimum atomic E-state index is -4.01. The molecule has 0 saturated carbocycles. The highest BCUT2D eigenvalue weighted by Crippen LogP contribution is 2.40. The summed E-state index contributed by atoms with van der Waals surface area (Å²) in [5, 5.41) is 2.79. The van der Waals surface area contributed by atoms with Gasteiger partial charge < -0.3 is 24.3 Å². The first-order valence-corrected chi connectivity index (χ1v) is 14.0. The average Bonchev–Trinajstić information content (AvgIpc) is 2.94. The van der Waals surface area contributed by atoms with Crippen LogP contribution in [0.1, 0.15) is 26.3 Å². The number of carbonyl (C=O) groups excluding carboxylic acids is 1. The second-order valence-electron chi connectivity index (χ2n) is 10.1. The maximum absolute atomic E-state index is 13.8. The molecule has 1 aliphatic rings. The third-order valence-electron chi connectivity index (χ3n) is 6.36. The number of hydrogen-bond acceptors (Lipinski definition) is 7. The topological polar surface area (TPSA) is 103 Å². The van der Waals surface area contributed by atoms with Crippen molar-refractivity contribution >= 4 is 21.6 Å². The van der Waals surface area contributed by atoms with E-state index in [1.165, 1.54) is 23.5 Å². The van der Waals surface area contributed by atoms with Gasteiger partial charge in [-0.2, -0.15) is 0 Å². The number of rotatable bonds is 9. The summed E-state index contributed by atoms with van der Waals surface area (Å²) in [6.07, 6.45) is -1.05. The van der Waals surface area contributed by atoms with E-state index in [9.17, 15) is 13.2 Å². The molecule has 0 spiro atoms. The lowest BCUT2D eigenvalue weighted by Gasteiger charge is -2.36. The number of benzene rings is 3. The van der Waals surface area contributed by atoms with Crippen molar-refractivity contribution in [1.29, 1.82) is 0 Å². The maximum Gasteiger partial charge on any atom is 0.264 e. The molecule has 1 amide bonds. The van der Waals surface area contributed by atoms with Gasteiger partial charge in [-0.25, -0.2) is 8.42 Å². The maximum atomic E-state index is 13.8. The van der Waals surface area contributed by atoms with Crippen LogP contribution >= 0.6 is 0 Å². The predicted molar refractivity (Wildman–Crippen MR) is 149 cm³/mol. The number of methoxy groups -OCH3 is 2. The quantitative estimate of drug-likeness (QED) is 0.396. The van der Waals surface area contributed by atoms with Gasteiger partial charge in [0.2, 0.25) is 0 Å². The number of hydrogen-bond donors (Lipinski definition) is 1. The van der Waals surface area contributed by atoms with Gasteiger partial charge in [0.1, 0.15) is 29.6 Å². The Bertz CT molecular complexity index is 1400. The van der Waals surface area contributed by atoms with E-state index in [0.29, 0.717) is 28.7 Å². The zero-order valence-electron chi connectivity index (χ0n) is 22.8. The van der Waals surface area contributed by atoms with Gasteiger partial charge in [-0.1, -0.05) is 26.8 Å². The Labute approximate surface area is 229 Å². The first-order chi connectivity index (χ1) is 18.5. The van der Waals surface area contributed by atoms with Crippen LogP contribution in [0.3, 0.4) is 0 Å². The van der Waals surface area contributed by atoms with E-state index in [1.54, 1.807) is 49.6 Å². The van der Waals surface area contributed by atoms with Crippen molar-refractivity contribution in [3.8, 4) is 23.0 Å². The summed E-state index contributed by atoms with van der Waals surface area (Å²) in [4.78, 5) is 13.2. The van der Waals surface area contributed by atoms with Crippen LogP contribution in [0.2, 0.25) is 0 Å². The number of ether oxygens (including phenoxy) is 4. The Morgan fingerprint density at radius 2 is 1.54 bits per heavy atom. The molecule has 0 saturated heterocycles. The fraction of sp³-hybridized carbons (Fsp3) is 0.345. The minimum Gasteiger partial charge on any atom is -0.497 e. The van der Waals surface area contributed by atoms with E-state index in [-0.39, 0.29) is 30.0 Å². The lowest BCUT2D eigenvalue weighted by atomic mass is 9.86. The highest BCUT2D eigenvalue weighted by molar-refractivity contribution is 7.92. The van der Waals surface area contributed by atoms with Crippen molar-refractivity contribution in [3.05, 3.63) is 72.3 Å². The molecule has 1 N–H and O–H groups in total. The van der Waals surface area contributed by atoms with Crippen LogP contribution in [0.5, 0.6) is 23.0 Å². The molecule has 3 aromatic carbocycles. The van der Waals surface area contributed by atoms with Crippen LogP contribution in [0.15, 0.2) is 71.6 Å². The number of amides is 1. The van der Waals surface area contributed by atoms with Crippen molar-refractivity contribution in [2.75, 3.05) is 38.2 Å². The van der Waals surface area contributed by atoms with Crippen LogP contribution in [0.4, 0.5) is 5.69 Å². The van der Waals surface area contributed by atoms with Gasteiger partial charge in [0.15, 0.2) is 6.10 Å². The molecule has 4 rings (SSSR count). The molecule has 10 heteroatoms. The second-order valence-corrected chi connectivity index (χ2v) is 11.9. The average molecular weight is 555 g/mol. The van der Waals surface area contributed by atoms with E-state index in [4.69, 9.17) is 18.9 Å². The molecular formula is C29H34N2O7S. The molecule has 0 aliphatic carbocycles. The third kappa shape index (κ3) is 6.39. The van der Waals surface area contributed by atoms with E-state index in [1.807, 2.05) is 32.9 Å². The lowest BCUT2D eigenvalue weighted by molar-refractivity contribution is -0.127. The summed E-state index contributed by atoms with van der Waals surface area (Å²) >= 11 is 0. The molecule has 0 fully saturated rings. The van der Waals surface area contributed by atoms with Gasteiger partial charge >= 0.3 is 0 Å². The Hall–Kier alpha value is -3.92. The van der Waals surface area contributed by atoms with Crippen LogP contribution in [-0.2, 0) is 20.2 Å². The molecule has 0 aromatic heterocycles. The number of anilines is 1. The van der Waals surface area contributed by atoms with E-state index < -0.39 is 22.0 Å². The monoisotopic (exact) mass is 554 g/mol. The van der Waals surface area contributed by atoms with Gasteiger partial charge in [0.05, 0.1) is 37.9 Å². The van der Waals surface area contributed by atoms with Gasteiger partial charge in [0, 0.05) is 0 Å². The van der Waals surface area contributed by atoms with Crippen LogP contribution in [0, 0.1) is 0 Å². The zero-order chi connectivity index (χ0) is 28.2. The number of carbonyl (C=O) groups is 1. The van der Waals surface area contributed by atoms with Crippen molar-refractivity contribution in [3.63, 3.8) is 0 Å². The lowest BCUT2D eigenvalue weighted by Crippen LogP contribution is -2.51. The van der Waals surface area contributed by atoms with Crippen LogP contribution < -0.4 is 28.6 Å². The third-order valence-corrected chi connectivity index (χ3v) is 8.16. The van der Waals surface area contributed by atoms with Crippen molar-refractivity contribution in [2.45, 2.75) is 37.2 Å². The van der Waals surface area contributed by atoms with Gasteiger partial charge in [-0.05, 0) is 71.6 Å². The standard InChI is InChI=1S/C29H34N2O7S/c1-29(2,3)20-6-15-26-25(18-20)31(39(33,34)24-13-11-22(36-5)12-14-24)19-27(38-26)28(32)30-16-17-37-23-9-7-21(35-4)8-10-23/h6-15,18,27H,16-17,19H2,1-5H3,(H,30,32).